The van der Waals surface area contributed by atoms with Gasteiger partial charge in [-0.2, -0.15) is 5.10 Å². The van der Waals surface area contributed by atoms with Gasteiger partial charge in [-0.15, -0.1) is 0 Å². The average molecular weight is 537 g/mol. The van der Waals surface area contributed by atoms with E-state index < -0.39 is 4.92 Å². The number of nitrogens with zero attached hydrogens (tertiary/aromatic N) is 3. The van der Waals surface area contributed by atoms with Crippen LogP contribution >= 0.6 is 15.9 Å². The van der Waals surface area contributed by atoms with Gasteiger partial charge in [0.05, 0.1) is 28.2 Å². The van der Waals surface area contributed by atoms with Gasteiger partial charge in [-0.3, -0.25) is 15.5 Å². The number of hydrogen-bond donors (Lipinski definition) is 1. The second-order valence-corrected chi connectivity index (χ2v) is 8.97. The number of hydrogen-bond acceptors (Lipinski definition) is 4. The van der Waals surface area contributed by atoms with Gasteiger partial charge in [-0.1, -0.05) is 82.7 Å². The Kier molecular flexibility index (Phi) is 6.73. The lowest BCUT2D eigenvalue weighted by Crippen LogP contribution is -2.00. The van der Waals surface area contributed by atoms with Crippen LogP contribution in [0.5, 0.6) is 0 Å². The maximum absolute atomic E-state index is 11.1. The number of nitro benzene ring substituents is 1. The van der Waals surface area contributed by atoms with E-state index in [2.05, 4.69) is 73.5 Å². The van der Waals surface area contributed by atoms with E-state index in [-0.39, 0.29) is 5.69 Å². The van der Waals surface area contributed by atoms with Crippen LogP contribution in [-0.2, 0) is 0 Å². The van der Waals surface area contributed by atoms with E-state index in [0.717, 1.165) is 38.2 Å². The first-order chi connectivity index (χ1) is 17.6. The van der Waals surface area contributed by atoms with Crippen LogP contribution in [0, 0.1) is 10.1 Å². The minimum atomic E-state index is -0.424. The molecule has 0 fully saturated rings. The minimum absolute atomic E-state index is 0.00734. The number of benzene rings is 4. The number of hydrazone groups is 1. The first kappa shape index (κ1) is 23.3. The molecule has 0 amide bonds. The van der Waals surface area contributed by atoms with E-state index in [1.807, 2.05) is 48.5 Å². The maximum Gasteiger partial charge on any atom is 0.271 e. The quantitative estimate of drug-likeness (QED) is 0.130. The summed E-state index contributed by atoms with van der Waals surface area (Å²) < 4.78 is 3.23. The molecule has 0 saturated heterocycles. The second kappa shape index (κ2) is 10.4. The number of anilines is 1. The summed E-state index contributed by atoms with van der Waals surface area (Å²) in [7, 11) is 0. The highest BCUT2D eigenvalue weighted by molar-refractivity contribution is 9.10. The standard InChI is InChI=1S/C29H21BrN4O2/c30-24-14-16-26(17-15-24)33-28(21-8-3-1-4-9-21)18-23(29(33)22-10-5-2-6-11-22)20-31-32-25-12-7-13-27(19-25)34(35)36/h1-20,32H/b31-20+. The van der Waals surface area contributed by atoms with Crippen LogP contribution < -0.4 is 5.43 Å². The number of nitro groups is 1. The Balaban J connectivity index is 1.65. The van der Waals surface area contributed by atoms with E-state index in [4.69, 9.17) is 0 Å². The number of nitrogens with one attached hydrogen (secondary N) is 1. The van der Waals surface area contributed by atoms with Crippen LogP contribution in [0.4, 0.5) is 11.4 Å². The number of halogens is 1. The van der Waals surface area contributed by atoms with Gasteiger partial charge in [0.2, 0.25) is 0 Å². The van der Waals surface area contributed by atoms with Gasteiger partial charge in [-0.25, -0.2) is 0 Å². The van der Waals surface area contributed by atoms with Crippen molar-refractivity contribution in [2.45, 2.75) is 0 Å². The highest BCUT2D eigenvalue weighted by Crippen LogP contribution is 2.35. The number of rotatable bonds is 7. The minimum Gasteiger partial charge on any atom is -0.309 e. The summed E-state index contributed by atoms with van der Waals surface area (Å²) in [6.07, 6.45) is 1.75. The summed E-state index contributed by atoms with van der Waals surface area (Å²) in [5.74, 6) is 0. The van der Waals surface area contributed by atoms with E-state index in [0.29, 0.717) is 5.69 Å². The Morgan fingerprint density at radius 1 is 0.806 bits per heavy atom. The monoisotopic (exact) mass is 536 g/mol. The zero-order valence-electron chi connectivity index (χ0n) is 19.1. The smallest absolute Gasteiger partial charge is 0.271 e. The van der Waals surface area contributed by atoms with E-state index in [9.17, 15) is 10.1 Å². The molecule has 0 aliphatic heterocycles. The molecular formula is C29H21BrN4O2. The molecule has 0 aliphatic carbocycles. The van der Waals surface area contributed by atoms with Gasteiger partial charge in [-0.05, 0) is 47.5 Å². The molecule has 0 radical (unpaired) electrons. The van der Waals surface area contributed by atoms with Crippen LogP contribution in [0.15, 0.2) is 125 Å². The second-order valence-electron chi connectivity index (χ2n) is 8.05. The van der Waals surface area contributed by atoms with Crippen molar-refractivity contribution in [2.24, 2.45) is 5.10 Å². The van der Waals surface area contributed by atoms with Crippen molar-refractivity contribution in [3.05, 3.63) is 135 Å². The molecule has 0 unspecified atom stereocenters. The molecule has 0 aliphatic rings. The Morgan fingerprint density at radius 3 is 2.14 bits per heavy atom. The zero-order valence-corrected chi connectivity index (χ0v) is 20.7. The van der Waals surface area contributed by atoms with Gasteiger partial charge in [0.1, 0.15) is 0 Å². The van der Waals surface area contributed by atoms with E-state index in [1.54, 1.807) is 18.3 Å². The summed E-state index contributed by atoms with van der Waals surface area (Å²) in [5.41, 5.74) is 9.52. The molecular weight excluding hydrogens is 516 g/mol. The number of non-ortho nitro benzene ring substituents is 1. The fourth-order valence-corrected chi connectivity index (χ4v) is 4.33. The maximum atomic E-state index is 11.1. The average Bonchev–Trinajstić information content (AvgIpc) is 3.29. The lowest BCUT2D eigenvalue weighted by molar-refractivity contribution is -0.384. The third-order valence-corrected chi connectivity index (χ3v) is 6.21. The molecule has 36 heavy (non-hydrogen) atoms. The normalized spacial score (nSPS) is 11.0. The Morgan fingerprint density at radius 2 is 1.47 bits per heavy atom. The SMILES string of the molecule is O=[N+]([O-])c1cccc(N/N=C/c2cc(-c3ccccc3)n(-c3ccc(Br)cc3)c2-c2ccccc2)c1. The van der Waals surface area contributed by atoms with Gasteiger partial charge in [0, 0.05) is 27.9 Å². The molecule has 176 valence electrons. The molecule has 0 atom stereocenters. The fraction of sp³-hybridized carbons (Fsp3) is 0. The van der Waals surface area contributed by atoms with Gasteiger partial charge in [0.15, 0.2) is 0 Å². The Bertz CT molecular complexity index is 1530. The molecule has 0 spiro atoms. The Hall–Kier alpha value is -4.49. The van der Waals surface area contributed by atoms with E-state index in [1.165, 1.54) is 12.1 Å². The lowest BCUT2D eigenvalue weighted by atomic mass is 10.1. The first-order valence-corrected chi connectivity index (χ1v) is 12.1. The summed E-state index contributed by atoms with van der Waals surface area (Å²) in [5, 5.41) is 15.6. The molecule has 7 heteroatoms. The molecule has 1 heterocycles. The van der Waals surface area contributed by atoms with Crippen molar-refractivity contribution in [3.63, 3.8) is 0 Å². The van der Waals surface area contributed by atoms with Crippen molar-refractivity contribution in [2.75, 3.05) is 5.43 Å². The molecule has 1 aromatic heterocycles. The first-order valence-electron chi connectivity index (χ1n) is 11.3. The van der Waals surface area contributed by atoms with Crippen molar-refractivity contribution >= 4 is 33.5 Å². The van der Waals surface area contributed by atoms with Gasteiger partial charge >= 0.3 is 0 Å². The van der Waals surface area contributed by atoms with Gasteiger partial charge < -0.3 is 4.57 Å². The van der Waals surface area contributed by atoms with Crippen LogP contribution in [-0.4, -0.2) is 15.7 Å². The summed E-state index contributed by atoms with van der Waals surface area (Å²) in [4.78, 5) is 10.7. The van der Waals surface area contributed by atoms with Crippen molar-refractivity contribution in [1.29, 1.82) is 0 Å². The summed E-state index contributed by atoms with van der Waals surface area (Å²) in [6, 6.07) is 37.0. The number of aromatic nitrogens is 1. The van der Waals surface area contributed by atoms with Crippen molar-refractivity contribution in [3.8, 4) is 28.2 Å². The largest absolute Gasteiger partial charge is 0.309 e. The topological polar surface area (TPSA) is 72.5 Å². The Labute approximate surface area is 216 Å². The predicted octanol–water partition coefficient (Wildman–Crippen LogP) is 7.93. The molecule has 5 aromatic rings. The van der Waals surface area contributed by atoms with Crippen LogP contribution in [0.1, 0.15) is 5.56 Å². The predicted molar refractivity (Wildman–Crippen MR) is 149 cm³/mol. The molecule has 4 aromatic carbocycles. The van der Waals surface area contributed by atoms with Crippen LogP contribution in [0.3, 0.4) is 0 Å². The molecule has 6 nitrogen and oxygen atoms in total. The molecule has 5 rings (SSSR count). The van der Waals surface area contributed by atoms with Crippen molar-refractivity contribution < 1.29 is 4.92 Å². The zero-order chi connectivity index (χ0) is 24.9. The molecule has 1 N–H and O–H groups in total. The van der Waals surface area contributed by atoms with Crippen LogP contribution in [0.25, 0.3) is 28.2 Å². The highest BCUT2D eigenvalue weighted by atomic mass is 79.9. The van der Waals surface area contributed by atoms with Gasteiger partial charge in [0.25, 0.3) is 5.69 Å². The molecule has 0 saturated carbocycles. The fourth-order valence-electron chi connectivity index (χ4n) is 4.07. The third-order valence-electron chi connectivity index (χ3n) is 5.69. The lowest BCUT2D eigenvalue weighted by Gasteiger charge is -2.15. The summed E-state index contributed by atoms with van der Waals surface area (Å²) in [6.45, 7) is 0. The highest BCUT2D eigenvalue weighted by Gasteiger charge is 2.18. The van der Waals surface area contributed by atoms with Crippen LogP contribution in [0.2, 0.25) is 0 Å². The van der Waals surface area contributed by atoms with Crippen molar-refractivity contribution in [1.82, 2.24) is 4.57 Å². The summed E-state index contributed by atoms with van der Waals surface area (Å²) >= 11 is 3.54. The third kappa shape index (κ3) is 4.96. The molecule has 0 bridgehead atoms. The van der Waals surface area contributed by atoms with E-state index >= 15 is 0 Å².